The molecule has 0 aliphatic heterocycles. The van der Waals surface area contributed by atoms with Crippen molar-refractivity contribution in [3.05, 3.63) is 76.9 Å². The molecule has 0 aliphatic carbocycles. The molecule has 6 nitrogen and oxygen atoms in total. The van der Waals surface area contributed by atoms with E-state index < -0.39 is 6.04 Å². The molecule has 0 bridgehead atoms. The van der Waals surface area contributed by atoms with Crippen LogP contribution >= 0.6 is 11.6 Å². The fourth-order valence-electron chi connectivity index (χ4n) is 3.02. The molecule has 3 aromatic rings. The number of hydrogen-bond donors (Lipinski definition) is 2. The lowest BCUT2D eigenvalue weighted by molar-refractivity contribution is -0.122. The highest BCUT2D eigenvalue weighted by Crippen LogP contribution is 2.23. The third-order valence-electron chi connectivity index (χ3n) is 4.63. The number of nitrogens with one attached hydrogen (secondary N) is 2. The van der Waals surface area contributed by atoms with Gasteiger partial charge in [0.15, 0.2) is 0 Å². The van der Waals surface area contributed by atoms with E-state index in [-0.39, 0.29) is 11.8 Å². The Balaban J connectivity index is 1.88. The average Bonchev–Trinajstić information content (AvgIpc) is 3.18. The lowest BCUT2D eigenvalue weighted by Crippen LogP contribution is -2.45. The molecule has 0 fully saturated rings. The molecule has 0 saturated carbocycles. The molecular weight excluding hydrogens is 400 g/mol. The molecule has 2 N–H and O–H groups in total. The zero-order chi connectivity index (χ0) is 21.5. The fourth-order valence-corrected chi connectivity index (χ4v) is 3.22. The number of carbonyl (C=O) groups is 2. The summed E-state index contributed by atoms with van der Waals surface area (Å²) in [4.78, 5) is 25.1. The number of benzene rings is 2. The van der Waals surface area contributed by atoms with Crippen molar-refractivity contribution in [3.63, 3.8) is 0 Å². The van der Waals surface area contributed by atoms with Gasteiger partial charge in [0.05, 0.1) is 12.1 Å². The molecule has 7 heteroatoms. The van der Waals surface area contributed by atoms with E-state index >= 15 is 0 Å². The van der Waals surface area contributed by atoms with Gasteiger partial charge in [0, 0.05) is 23.3 Å². The van der Waals surface area contributed by atoms with Crippen LogP contribution in [0.5, 0.6) is 0 Å². The van der Waals surface area contributed by atoms with Crippen molar-refractivity contribution in [2.45, 2.75) is 32.9 Å². The Morgan fingerprint density at radius 2 is 1.80 bits per heavy atom. The average molecular weight is 425 g/mol. The molecule has 1 aromatic heterocycles. The summed E-state index contributed by atoms with van der Waals surface area (Å²) in [6.45, 7) is 4.64. The number of halogens is 1. The summed E-state index contributed by atoms with van der Waals surface area (Å²) >= 11 is 6.28. The van der Waals surface area contributed by atoms with E-state index in [1.54, 1.807) is 17.8 Å². The molecule has 0 saturated heterocycles. The van der Waals surface area contributed by atoms with E-state index in [1.165, 1.54) is 0 Å². The first-order valence-corrected chi connectivity index (χ1v) is 10.3. The van der Waals surface area contributed by atoms with Gasteiger partial charge in [-0.15, -0.1) is 0 Å². The Morgan fingerprint density at radius 1 is 1.10 bits per heavy atom. The third kappa shape index (κ3) is 5.27. The van der Waals surface area contributed by atoms with Crippen LogP contribution in [0.3, 0.4) is 0 Å². The Bertz CT molecular complexity index is 1020. The zero-order valence-electron chi connectivity index (χ0n) is 17.1. The van der Waals surface area contributed by atoms with E-state index in [0.29, 0.717) is 29.4 Å². The van der Waals surface area contributed by atoms with Crippen molar-refractivity contribution in [2.75, 3.05) is 6.54 Å². The predicted molar refractivity (Wildman–Crippen MR) is 118 cm³/mol. The Morgan fingerprint density at radius 3 is 2.50 bits per heavy atom. The molecule has 156 valence electrons. The first-order chi connectivity index (χ1) is 14.5. The Kier molecular flexibility index (Phi) is 7.25. The predicted octanol–water partition coefficient (Wildman–Crippen LogP) is 3.90. The number of aromatic nitrogens is 2. The standard InChI is InChI=1S/C23H25ClN4O2/c1-3-13-25-22(29)16(2)26-23(30)19-15-28(14-18-11-7-8-12-20(18)24)27-21(19)17-9-5-4-6-10-17/h4-12,15-16H,3,13-14H2,1-2H3,(H,25,29)(H,26,30)/t16-/m0/s1. The fraction of sp³-hybridized carbons (Fsp3) is 0.261. The van der Waals surface area contributed by atoms with Crippen molar-refractivity contribution in [1.29, 1.82) is 0 Å². The van der Waals surface area contributed by atoms with Crippen LogP contribution in [0, 0.1) is 0 Å². The lowest BCUT2D eigenvalue weighted by atomic mass is 10.1. The maximum atomic E-state index is 13.0. The highest BCUT2D eigenvalue weighted by Gasteiger charge is 2.22. The van der Waals surface area contributed by atoms with E-state index in [0.717, 1.165) is 17.5 Å². The van der Waals surface area contributed by atoms with Crippen LogP contribution in [0.2, 0.25) is 5.02 Å². The molecule has 0 unspecified atom stereocenters. The topological polar surface area (TPSA) is 76.0 Å². The summed E-state index contributed by atoms with van der Waals surface area (Å²) in [6, 6.07) is 16.4. The van der Waals surface area contributed by atoms with Gasteiger partial charge in [-0.2, -0.15) is 5.10 Å². The van der Waals surface area contributed by atoms with Gasteiger partial charge in [0.1, 0.15) is 11.7 Å². The van der Waals surface area contributed by atoms with Crippen molar-refractivity contribution in [1.82, 2.24) is 20.4 Å². The van der Waals surface area contributed by atoms with E-state index in [2.05, 4.69) is 15.7 Å². The van der Waals surface area contributed by atoms with E-state index in [1.807, 2.05) is 61.5 Å². The van der Waals surface area contributed by atoms with Crippen molar-refractivity contribution >= 4 is 23.4 Å². The molecule has 0 aliphatic rings. The third-order valence-corrected chi connectivity index (χ3v) is 5.00. The normalized spacial score (nSPS) is 11.7. The van der Waals surface area contributed by atoms with Gasteiger partial charge in [0.25, 0.3) is 5.91 Å². The molecule has 0 radical (unpaired) electrons. The Labute approximate surface area is 181 Å². The monoisotopic (exact) mass is 424 g/mol. The molecule has 0 spiro atoms. The summed E-state index contributed by atoms with van der Waals surface area (Å²) < 4.78 is 1.69. The maximum Gasteiger partial charge on any atom is 0.255 e. The van der Waals surface area contributed by atoms with Crippen molar-refractivity contribution < 1.29 is 9.59 Å². The van der Waals surface area contributed by atoms with Gasteiger partial charge >= 0.3 is 0 Å². The second kappa shape index (κ2) is 10.1. The first kappa shape index (κ1) is 21.6. The molecule has 1 heterocycles. The summed E-state index contributed by atoms with van der Waals surface area (Å²) in [7, 11) is 0. The van der Waals surface area contributed by atoms with Crippen LogP contribution in [0.4, 0.5) is 0 Å². The first-order valence-electron chi connectivity index (χ1n) is 9.94. The van der Waals surface area contributed by atoms with Crippen LogP contribution in [0.15, 0.2) is 60.8 Å². The largest absolute Gasteiger partial charge is 0.354 e. The second-order valence-corrected chi connectivity index (χ2v) is 7.44. The van der Waals surface area contributed by atoms with Gasteiger partial charge in [-0.1, -0.05) is 67.1 Å². The number of hydrogen-bond acceptors (Lipinski definition) is 3. The lowest BCUT2D eigenvalue weighted by Gasteiger charge is -2.13. The molecule has 1 atom stereocenters. The van der Waals surface area contributed by atoms with Crippen LogP contribution in [-0.2, 0) is 11.3 Å². The van der Waals surface area contributed by atoms with Crippen LogP contribution in [0.25, 0.3) is 11.3 Å². The van der Waals surface area contributed by atoms with Crippen molar-refractivity contribution in [3.8, 4) is 11.3 Å². The SMILES string of the molecule is CCCNC(=O)[C@H](C)NC(=O)c1cn(Cc2ccccc2Cl)nc1-c1ccccc1. The number of nitrogens with zero attached hydrogens (tertiary/aromatic N) is 2. The van der Waals surface area contributed by atoms with Gasteiger partial charge in [-0.25, -0.2) is 0 Å². The molecule has 3 rings (SSSR count). The minimum absolute atomic E-state index is 0.213. The van der Waals surface area contributed by atoms with Gasteiger partial charge in [-0.3, -0.25) is 14.3 Å². The molecule has 2 amide bonds. The Hall–Kier alpha value is -3.12. The van der Waals surface area contributed by atoms with Crippen LogP contribution < -0.4 is 10.6 Å². The minimum Gasteiger partial charge on any atom is -0.354 e. The van der Waals surface area contributed by atoms with Gasteiger partial charge in [0.2, 0.25) is 5.91 Å². The smallest absolute Gasteiger partial charge is 0.255 e. The van der Waals surface area contributed by atoms with Crippen LogP contribution in [-0.4, -0.2) is 34.2 Å². The molecule has 2 aromatic carbocycles. The maximum absolute atomic E-state index is 13.0. The summed E-state index contributed by atoms with van der Waals surface area (Å²) in [5.41, 5.74) is 2.69. The summed E-state index contributed by atoms with van der Waals surface area (Å²) in [5.74, 6) is -0.562. The number of amides is 2. The van der Waals surface area contributed by atoms with Crippen LogP contribution in [0.1, 0.15) is 36.2 Å². The number of carbonyl (C=O) groups excluding carboxylic acids is 2. The summed E-state index contributed by atoms with van der Waals surface area (Å²) in [6.07, 6.45) is 2.52. The summed E-state index contributed by atoms with van der Waals surface area (Å²) in [5, 5.41) is 10.8. The van der Waals surface area contributed by atoms with E-state index in [9.17, 15) is 9.59 Å². The highest BCUT2D eigenvalue weighted by molar-refractivity contribution is 6.31. The molecular formula is C23H25ClN4O2. The van der Waals surface area contributed by atoms with Crippen molar-refractivity contribution in [2.24, 2.45) is 0 Å². The van der Waals surface area contributed by atoms with Gasteiger partial charge < -0.3 is 10.6 Å². The van der Waals surface area contributed by atoms with E-state index in [4.69, 9.17) is 11.6 Å². The number of rotatable bonds is 8. The zero-order valence-corrected chi connectivity index (χ0v) is 17.8. The minimum atomic E-state index is -0.653. The quantitative estimate of drug-likeness (QED) is 0.575. The molecule has 30 heavy (non-hydrogen) atoms. The van der Waals surface area contributed by atoms with Gasteiger partial charge in [-0.05, 0) is 25.0 Å². The second-order valence-electron chi connectivity index (χ2n) is 7.03. The highest BCUT2D eigenvalue weighted by atomic mass is 35.5.